The zero-order valence-corrected chi connectivity index (χ0v) is 13.0. The van der Waals surface area contributed by atoms with Crippen molar-refractivity contribution < 1.29 is 14.3 Å². The topological polar surface area (TPSA) is 35.5 Å². The van der Waals surface area contributed by atoms with E-state index in [1.165, 1.54) is 6.92 Å². The lowest BCUT2D eigenvalue weighted by molar-refractivity contribution is -0.132. The molecule has 0 saturated carbocycles. The second-order valence-electron chi connectivity index (χ2n) is 5.04. The number of hydrogen-bond donors (Lipinski definition) is 0. The molecule has 0 radical (unpaired) electrons. The number of ether oxygens (including phenoxy) is 2. The minimum absolute atomic E-state index is 0.357. The molecule has 0 saturated heterocycles. The number of carbonyl (C=O) groups excluding carboxylic acids is 1. The molecular formula is C19H20O3. The maximum absolute atomic E-state index is 11.4. The van der Waals surface area contributed by atoms with E-state index >= 15 is 0 Å². The van der Waals surface area contributed by atoms with Crippen LogP contribution in [-0.4, -0.2) is 13.1 Å². The molecule has 0 aliphatic carbocycles. The largest absolute Gasteiger partial charge is 0.493 e. The molecule has 0 fully saturated rings. The molecule has 0 aromatic heterocycles. The van der Waals surface area contributed by atoms with E-state index in [9.17, 15) is 4.79 Å². The maximum Gasteiger partial charge on any atom is 0.308 e. The molecule has 3 heteroatoms. The summed E-state index contributed by atoms with van der Waals surface area (Å²) < 4.78 is 10.8. The quantitative estimate of drug-likeness (QED) is 0.460. The summed E-state index contributed by atoms with van der Waals surface area (Å²) >= 11 is 0. The summed E-state index contributed by atoms with van der Waals surface area (Å²) in [6.45, 7) is 5.16. The van der Waals surface area contributed by atoms with Crippen LogP contribution in [0.4, 0.5) is 0 Å². The Morgan fingerprint density at radius 1 is 1.18 bits per heavy atom. The van der Waals surface area contributed by atoms with E-state index in [1.807, 2.05) is 48.5 Å². The van der Waals surface area contributed by atoms with Crippen molar-refractivity contribution in [2.75, 3.05) is 7.11 Å². The number of hydrogen-bond acceptors (Lipinski definition) is 3. The van der Waals surface area contributed by atoms with Crippen molar-refractivity contribution >= 4 is 5.97 Å². The van der Waals surface area contributed by atoms with Crippen LogP contribution in [-0.2, 0) is 17.6 Å². The molecule has 0 heterocycles. The zero-order valence-electron chi connectivity index (χ0n) is 13.0. The van der Waals surface area contributed by atoms with Crippen molar-refractivity contribution in [2.45, 2.75) is 19.8 Å². The van der Waals surface area contributed by atoms with Crippen molar-refractivity contribution in [3.8, 4) is 11.5 Å². The Kier molecular flexibility index (Phi) is 5.37. The lowest BCUT2D eigenvalue weighted by atomic mass is 9.99. The third-order valence-corrected chi connectivity index (χ3v) is 3.27. The number of esters is 1. The van der Waals surface area contributed by atoms with E-state index in [0.717, 1.165) is 23.1 Å². The zero-order chi connectivity index (χ0) is 15.9. The second-order valence-corrected chi connectivity index (χ2v) is 5.04. The summed E-state index contributed by atoms with van der Waals surface area (Å²) in [6, 6.07) is 14.0. The smallest absolute Gasteiger partial charge is 0.308 e. The average molecular weight is 296 g/mol. The molecule has 2 rings (SSSR count). The van der Waals surface area contributed by atoms with Crippen LogP contribution in [0.1, 0.15) is 23.6 Å². The van der Waals surface area contributed by atoms with Crippen molar-refractivity contribution in [2.24, 2.45) is 0 Å². The van der Waals surface area contributed by atoms with Gasteiger partial charge in [-0.05, 0) is 23.6 Å². The Balaban J connectivity index is 2.48. The highest BCUT2D eigenvalue weighted by Crippen LogP contribution is 2.34. The van der Waals surface area contributed by atoms with Gasteiger partial charge < -0.3 is 9.47 Å². The van der Waals surface area contributed by atoms with Crippen LogP contribution in [0.2, 0.25) is 0 Å². The Labute approximate surface area is 131 Å². The SMILES string of the molecule is C=CCc1cc(Cc2ccccc2)c(OC(C)=O)c(OC)c1. The van der Waals surface area contributed by atoms with Gasteiger partial charge >= 0.3 is 5.97 Å². The average Bonchev–Trinajstić information content (AvgIpc) is 2.50. The molecule has 0 N–H and O–H groups in total. The Bertz CT molecular complexity index is 660. The summed E-state index contributed by atoms with van der Waals surface area (Å²) in [5, 5.41) is 0. The molecule has 0 bridgehead atoms. The summed E-state index contributed by atoms with van der Waals surface area (Å²) in [6.07, 6.45) is 3.25. The Morgan fingerprint density at radius 2 is 1.91 bits per heavy atom. The first-order chi connectivity index (χ1) is 10.6. The number of methoxy groups -OCH3 is 1. The summed E-state index contributed by atoms with van der Waals surface area (Å²) in [5.74, 6) is 0.705. The van der Waals surface area contributed by atoms with Crippen LogP contribution >= 0.6 is 0 Å². The van der Waals surface area contributed by atoms with Crippen LogP contribution in [0.3, 0.4) is 0 Å². The van der Waals surface area contributed by atoms with Crippen LogP contribution in [0, 0.1) is 0 Å². The van der Waals surface area contributed by atoms with Gasteiger partial charge in [-0.1, -0.05) is 42.5 Å². The van der Waals surface area contributed by atoms with E-state index in [0.29, 0.717) is 17.9 Å². The van der Waals surface area contributed by atoms with Gasteiger partial charge in [-0.15, -0.1) is 6.58 Å². The summed E-state index contributed by atoms with van der Waals surface area (Å²) in [5.41, 5.74) is 3.15. The predicted octanol–water partition coefficient (Wildman–Crippen LogP) is 3.94. The fourth-order valence-electron chi connectivity index (χ4n) is 2.37. The molecular weight excluding hydrogens is 276 g/mol. The molecule has 0 aliphatic heterocycles. The minimum Gasteiger partial charge on any atom is -0.493 e. The fourth-order valence-corrected chi connectivity index (χ4v) is 2.37. The second kappa shape index (κ2) is 7.46. The number of rotatable bonds is 6. The first-order valence-corrected chi connectivity index (χ1v) is 7.17. The predicted molar refractivity (Wildman–Crippen MR) is 87.5 cm³/mol. The van der Waals surface area contributed by atoms with Gasteiger partial charge in [0.25, 0.3) is 0 Å². The Morgan fingerprint density at radius 3 is 2.50 bits per heavy atom. The maximum atomic E-state index is 11.4. The van der Waals surface area contributed by atoms with E-state index in [4.69, 9.17) is 9.47 Å². The van der Waals surface area contributed by atoms with Gasteiger partial charge in [-0.3, -0.25) is 4.79 Å². The number of carbonyl (C=O) groups is 1. The normalized spacial score (nSPS) is 10.1. The molecule has 3 nitrogen and oxygen atoms in total. The van der Waals surface area contributed by atoms with Crippen LogP contribution in [0.15, 0.2) is 55.1 Å². The molecule has 0 spiro atoms. The van der Waals surface area contributed by atoms with Gasteiger partial charge in [0, 0.05) is 18.9 Å². The molecule has 0 unspecified atom stereocenters. The van der Waals surface area contributed by atoms with Gasteiger partial charge in [0.05, 0.1) is 7.11 Å². The van der Waals surface area contributed by atoms with Gasteiger partial charge in [-0.25, -0.2) is 0 Å². The van der Waals surface area contributed by atoms with Crippen molar-refractivity contribution in [3.63, 3.8) is 0 Å². The Hall–Kier alpha value is -2.55. The lowest BCUT2D eigenvalue weighted by Crippen LogP contribution is -2.07. The van der Waals surface area contributed by atoms with Gasteiger partial charge in [0.2, 0.25) is 0 Å². The fraction of sp³-hybridized carbons (Fsp3) is 0.211. The van der Waals surface area contributed by atoms with Crippen molar-refractivity contribution in [1.82, 2.24) is 0 Å². The van der Waals surface area contributed by atoms with Gasteiger partial charge in [-0.2, -0.15) is 0 Å². The molecule has 2 aromatic carbocycles. The van der Waals surface area contributed by atoms with E-state index in [1.54, 1.807) is 7.11 Å². The number of benzene rings is 2. The lowest BCUT2D eigenvalue weighted by Gasteiger charge is -2.15. The highest BCUT2D eigenvalue weighted by Gasteiger charge is 2.15. The molecule has 0 aliphatic rings. The molecule has 22 heavy (non-hydrogen) atoms. The van der Waals surface area contributed by atoms with E-state index in [2.05, 4.69) is 6.58 Å². The third-order valence-electron chi connectivity index (χ3n) is 3.27. The van der Waals surface area contributed by atoms with E-state index < -0.39 is 0 Å². The molecule has 2 aromatic rings. The van der Waals surface area contributed by atoms with Gasteiger partial charge in [0.15, 0.2) is 11.5 Å². The highest BCUT2D eigenvalue weighted by atomic mass is 16.6. The molecule has 114 valence electrons. The van der Waals surface area contributed by atoms with Crippen LogP contribution in [0.25, 0.3) is 0 Å². The molecule has 0 amide bonds. The third kappa shape index (κ3) is 3.98. The number of allylic oxidation sites excluding steroid dienone is 1. The minimum atomic E-state index is -0.357. The first-order valence-electron chi connectivity index (χ1n) is 7.17. The summed E-state index contributed by atoms with van der Waals surface area (Å²) in [4.78, 5) is 11.4. The van der Waals surface area contributed by atoms with E-state index in [-0.39, 0.29) is 5.97 Å². The van der Waals surface area contributed by atoms with Crippen molar-refractivity contribution in [1.29, 1.82) is 0 Å². The molecule has 0 atom stereocenters. The standard InChI is InChI=1S/C19H20O3/c1-4-8-16-12-17(11-15-9-6-5-7-10-15)19(22-14(2)20)18(13-16)21-3/h4-7,9-10,12-13H,1,8,11H2,2-3H3. The van der Waals surface area contributed by atoms with Crippen LogP contribution in [0.5, 0.6) is 11.5 Å². The van der Waals surface area contributed by atoms with Crippen molar-refractivity contribution in [3.05, 3.63) is 71.8 Å². The van der Waals surface area contributed by atoms with Gasteiger partial charge in [0.1, 0.15) is 0 Å². The highest BCUT2D eigenvalue weighted by molar-refractivity contribution is 5.71. The first kappa shape index (κ1) is 15.8. The monoisotopic (exact) mass is 296 g/mol. The van der Waals surface area contributed by atoms with Crippen LogP contribution < -0.4 is 9.47 Å². The summed E-state index contributed by atoms with van der Waals surface area (Å²) in [7, 11) is 1.58.